The molecule has 3 aromatic rings. The van der Waals surface area contributed by atoms with Crippen molar-refractivity contribution in [3.8, 4) is 22.5 Å². The highest BCUT2D eigenvalue weighted by Crippen LogP contribution is 2.38. The fourth-order valence-corrected chi connectivity index (χ4v) is 4.51. The van der Waals surface area contributed by atoms with Gasteiger partial charge in [0.25, 0.3) is 0 Å². The van der Waals surface area contributed by atoms with Crippen molar-refractivity contribution in [2.24, 2.45) is 5.92 Å². The molecule has 0 spiro atoms. The number of carbonyl (C=O) groups is 2. The van der Waals surface area contributed by atoms with Crippen LogP contribution in [-0.4, -0.2) is 48.5 Å². The minimum atomic E-state index is -1.01. The Hall–Kier alpha value is -3.07. The van der Waals surface area contributed by atoms with Crippen LogP contribution in [0.1, 0.15) is 45.6 Å². The molecule has 2 N–H and O–H groups in total. The number of nitrogens with zero attached hydrogens (tertiary/aromatic N) is 4. The lowest BCUT2D eigenvalue weighted by Gasteiger charge is -2.32. The molecule has 1 heterocycles. The van der Waals surface area contributed by atoms with Gasteiger partial charge in [0.15, 0.2) is 0 Å². The van der Waals surface area contributed by atoms with Gasteiger partial charge in [-0.2, -0.15) is 5.21 Å². The lowest BCUT2D eigenvalue weighted by atomic mass is 9.95. The summed E-state index contributed by atoms with van der Waals surface area (Å²) in [6, 6.07) is 12.8. The van der Waals surface area contributed by atoms with Crippen molar-refractivity contribution < 1.29 is 14.7 Å². The number of carbonyl (C=O) groups excluding carboxylic acids is 1. The van der Waals surface area contributed by atoms with E-state index in [4.69, 9.17) is 0 Å². The van der Waals surface area contributed by atoms with Gasteiger partial charge in [-0.1, -0.05) is 69.7 Å². The Morgan fingerprint density at radius 2 is 1.88 bits per heavy atom. The molecule has 3 rings (SSSR count). The maximum absolute atomic E-state index is 13.1. The molecule has 8 nitrogen and oxygen atoms in total. The Bertz CT molecular complexity index is 1090. The van der Waals surface area contributed by atoms with E-state index in [-0.39, 0.29) is 18.4 Å². The zero-order valence-electron chi connectivity index (χ0n) is 19.0. The number of halogens is 1. The Morgan fingerprint density at radius 3 is 2.45 bits per heavy atom. The predicted molar refractivity (Wildman–Crippen MR) is 129 cm³/mol. The molecule has 0 fully saturated rings. The number of carboxylic acid groups (broad SMARTS) is 1. The minimum absolute atomic E-state index is 0.151. The van der Waals surface area contributed by atoms with Crippen LogP contribution < -0.4 is 0 Å². The Balaban J connectivity index is 2.09. The van der Waals surface area contributed by atoms with Crippen LogP contribution in [0.3, 0.4) is 0 Å². The summed E-state index contributed by atoms with van der Waals surface area (Å²) in [7, 11) is 0. The summed E-state index contributed by atoms with van der Waals surface area (Å²) in [6.07, 6.45) is 1.88. The van der Waals surface area contributed by atoms with E-state index >= 15 is 0 Å². The van der Waals surface area contributed by atoms with Crippen molar-refractivity contribution in [3.63, 3.8) is 0 Å². The molecule has 0 unspecified atom stereocenters. The van der Waals surface area contributed by atoms with Crippen molar-refractivity contribution in [1.82, 2.24) is 25.5 Å². The Morgan fingerprint density at radius 1 is 1.15 bits per heavy atom. The predicted octanol–water partition coefficient (Wildman–Crippen LogP) is 4.92. The van der Waals surface area contributed by atoms with E-state index in [1.54, 1.807) is 0 Å². The Labute approximate surface area is 201 Å². The van der Waals surface area contributed by atoms with Crippen LogP contribution in [0.2, 0.25) is 0 Å². The molecule has 0 bridgehead atoms. The number of nitrogens with one attached hydrogen (secondary N) is 1. The van der Waals surface area contributed by atoms with E-state index in [9.17, 15) is 14.7 Å². The number of carboxylic acids is 1. The number of rotatable bonds is 10. The van der Waals surface area contributed by atoms with E-state index in [1.165, 1.54) is 4.90 Å². The lowest BCUT2D eigenvalue weighted by Crippen LogP contribution is -2.47. The number of aromatic amines is 1. The largest absolute Gasteiger partial charge is 0.480 e. The van der Waals surface area contributed by atoms with Gasteiger partial charge in [0.05, 0.1) is 0 Å². The number of amides is 1. The number of tetrazole rings is 1. The lowest BCUT2D eigenvalue weighted by molar-refractivity contribution is -0.153. The molecule has 0 saturated carbocycles. The van der Waals surface area contributed by atoms with Crippen molar-refractivity contribution >= 4 is 27.8 Å². The third-order valence-electron chi connectivity index (χ3n) is 5.50. The second kappa shape index (κ2) is 11.2. The summed E-state index contributed by atoms with van der Waals surface area (Å²) in [5.74, 6) is -1.01. The van der Waals surface area contributed by atoms with Crippen molar-refractivity contribution in [1.29, 1.82) is 0 Å². The zero-order chi connectivity index (χ0) is 24.0. The van der Waals surface area contributed by atoms with E-state index in [2.05, 4.69) is 36.6 Å². The number of hydrogen-bond donors (Lipinski definition) is 2. The molecule has 0 radical (unpaired) electrons. The maximum Gasteiger partial charge on any atom is 0.326 e. The van der Waals surface area contributed by atoms with Gasteiger partial charge in [-0.25, -0.2) is 4.79 Å². The van der Waals surface area contributed by atoms with Crippen LogP contribution in [0.4, 0.5) is 0 Å². The summed E-state index contributed by atoms with van der Waals surface area (Å²) in [5, 5.41) is 24.4. The monoisotopic (exact) mass is 513 g/mol. The first-order valence-corrected chi connectivity index (χ1v) is 11.8. The van der Waals surface area contributed by atoms with Gasteiger partial charge in [-0.15, -0.1) is 10.2 Å². The quantitative estimate of drug-likeness (QED) is 0.397. The molecule has 2 aromatic carbocycles. The third-order valence-corrected chi connectivity index (χ3v) is 6.41. The second-order valence-electron chi connectivity index (χ2n) is 8.21. The Kier molecular flexibility index (Phi) is 8.32. The van der Waals surface area contributed by atoms with Gasteiger partial charge >= 0.3 is 5.97 Å². The van der Waals surface area contributed by atoms with Crippen LogP contribution in [0.15, 0.2) is 46.9 Å². The van der Waals surface area contributed by atoms with E-state index < -0.39 is 12.0 Å². The molecule has 0 aliphatic rings. The van der Waals surface area contributed by atoms with Gasteiger partial charge < -0.3 is 10.0 Å². The summed E-state index contributed by atoms with van der Waals surface area (Å²) < 4.78 is 0.700. The number of hydrogen-bond acceptors (Lipinski definition) is 5. The molecule has 0 aliphatic heterocycles. The molecule has 9 heteroatoms. The molecule has 1 aromatic heterocycles. The SMILES string of the molecule is CCCCC(=O)N(Cc1ccc(-c2ccccc2)c(-c2nn[nH]n2)c1Br)[C@H](C(=O)O)C(C)C. The van der Waals surface area contributed by atoms with Gasteiger partial charge in [0, 0.05) is 23.0 Å². The molecular formula is C24H28BrN5O3. The summed E-state index contributed by atoms with van der Waals surface area (Å²) in [6.45, 7) is 5.79. The van der Waals surface area contributed by atoms with Crippen LogP contribution in [-0.2, 0) is 16.1 Å². The van der Waals surface area contributed by atoms with E-state index in [0.717, 1.165) is 28.7 Å². The highest BCUT2D eigenvalue weighted by Gasteiger charge is 2.33. The average Bonchev–Trinajstić information content (AvgIpc) is 3.32. The second-order valence-corrected chi connectivity index (χ2v) is 9.01. The molecule has 0 saturated heterocycles. The summed E-state index contributed by atoms with van der Waals surface area (Å²) in [5.41, 5.74) is 3.37. The molecular weight excluding hydrogens is 486 g/mol. The van der Waals surface area contributed by atoms with Crippen LogP contribution in [0.25, 0.3) is 22.5 Å². The molecule has 0 aliphatic carbocycles. The van der Waals surface area contributed by atoms with Crippen molar-refractivity contribution in [2.75, 3.05) is 0 Å². The first-order valence-electron chi connectivity index (χ1n) is 11.0. The molecule has 1 atom stereocenters. The summed E-state index contributed by atoms with van der Waals surface area (Å²) >= 11 is 3.70. The van der Waals surface area contributed by atoms with Gasteiger partial charge in [-0.05, 0) is 50.2 Å². The number of aliphatic carboxylic acids is 1. The molecule has 1 amide bonds. The number of aromatic nitrogens is 4. The van der Waals surface area contributed by atoms with Crippen molar-refractivity contribution in [2.45, 2.75) is 52.6 Å². The number of benzene rings is 2. The fourth-order valence-electron chi connectivity index (χ4n) is 3.86. The third kappa shape index (κ3) is 5.65. The normalized spacial score (nSPS) is 12.0. The van der Waals surface area contributed by atoms with Crippen LogP contribution in [0, 0.1) is 5.92 Å². The maximum atomic E-state index is 13.1. The fraction of sp³-hybridized carbons (Fsp3) is 0.375. The first-order chi connectivity index (χ1) is 15.8. The smallest absolute Gasteiger partial charge is 0.326 e. The standard InChI is InChI=1S/C24H28BrN5O3/c1-4-5-11-19(31)30(22(15(2)3)24(32)33)14-17-12-13-18(16-9-7-6-8-10-16)20(21(17)25)23-26-28-29-27-23/h6-10,12-13,15,22H,4-5,11,14H2,1-3H3,(H,32,33)(H,26,27,28,29)/t22-/m0/s1. The minimum Gasteiger partial charge on any atom is -0.480 e. The zero-order valence-corrected chi connectivity index (χ0v) is 20.5. The number of H-pyrrole nitrogens is 1. The van der Waals surface area contributed by atoms with E-state index in [1.807, 2.05) is 63.2 Å². The van der Waals surface area contributed by atoms with Gasteiger partial charge in [0.1, 0.15) is 6.04 Å². The average molecular weight is 514 g/mol. The highest BCUT2D eigenvalue weighted by atomic mass is 79.9. The van der Waals surface area contributed by atoms with Crippen LogP contribution in [0.5, 0.6) is 0 Å². The van der Waals surface area contributed by atoms with Crippen molar-refractivity contribution in [3.05, 3.63) is 52.5 Å². The summed E-state index contributed by atoms with van der Waals surface area (Å²) in [4.78, 5) is 26.6. The van der Waals surface area contributed by atoms with Crippen LogP contribution >= 0.6 is 15.9 Å². The molecule has 174 valence electrons. The topological polar surface area (TPSA) is 112 Å². The highest BCUT2D eigenvalue weighted by molar-refractivity contribution is 9.10. The van der Waals surface area contributed by atoms with E-state index in [0.29, 0.717) is 23.1 Å². The first kappa shape index (κ1) is 24.6. The van der Waals surface area contributed by atoms with Gasteiger partial charge in [-0.3, -0.25) is 4.79 Å². The van der Waals surface area contributed by atoms with Gasteiger partial charge in [0.2, 0.25) is 11.7 Å². The number of unbranched alkanes of at least 4 members (excludes halogenated alkanes) is 1. The molecule has 33 heavy (non-hydrogen) atoms.